The van der Waals surface area contributed by atoms with Crippen molar-refractivity contribution in [3.63, 3.8) is 0 Å². The minimum absolute atomic E-state index is 0.00896. The lowest BCUT2D eigenvalue weighted by Crippen LogP contribution is -2.18. The molecule has 0 radical (unpaired) electrons. The van der Waals surface area contributed by atoms with E-state index in [0.29, 0.717) is 6.42 Å². The summed E-state index contributed by atoms with van der Waals surface area (Å²) in [7, 11) is 0. The number of carbonyl (C=O) groups excluding carboxylic acids is 1. The lowest BCUT2D eigenvalue weighted by Gasteiger charge is -2.06. The molecular weight excluding hydrogens is 260 g/mol. The first-order valence-corrected chi connectivity index (χ1v) is 7.95. The zero-order valence-corrected chi connectivity index (χ0v) is 13.8. The Balaban J connectivity index is 2.40. The van der Waals surface area contributed by atoms with Crippen molar-refractivity contribution in [3.8, 4) is 0 Å². The number of hydrazone groups is 1. The van der Waals surface area contributed by atoms with Crippen molar-refractivity contribution in [1.82, 2.24) is 5.43 Å². The zero-order chi connectivity index (χ0) is 15.7. The molecule has 1 amide bonds. The van der Waals surface area contributed by atoms with Crippen molar-refractivity contribution in [3.05, 3.63) is 34.9 Å². The number of hydrogen-bond donors (Lipinski definition) is 1. The summed E-state index contributed by atoms with van der Waals surface area (Å²) in [5, 5.41) is 4.20. The van der Waals surface area contributed by atoms with E-state index in [4.69, 9.17) is 0 Å². The number of aryl methyl sites for hydroxylation is 2. The van der Waals surface area contributed by atoms with Crippen molar-refractivity contribution in [1.29, 1.82) is 0 Å². The summed E-state index contributed by atoms with van der Waals surface area (Å²) in [5.74, 6) is 0.00896. The molecule has 0 bridgehead atoms. The van der Waals surface area contributed by atoms with E-state index >= 15 is 0 Å². The Morgan fingerprint density at radius 2 is 1.81 bits per heavy atom. The summed E-state index contributed by atoms with van der Waals surface area (Å²) >= 11 is 0. The Labute approximate surface area is 128 Å². The van der Waals surface area contributed by atoms with E-state index in [2.05, 4.69) is 43.4 Å². The van der Waals surface area contributed by atoms with Gasteiger partial charge in [-0.05, 0) is 49.9 Å². The molecule has 21 heavy (non-hydrogen) atoms. The highest BCUT2D eigenvalue weighted by atomic mass is 16.2. The number of nitrogens with one attached hydrogen (secondary N) is 1. The number of unbranched alkanes of at least 4 members (excludes halogenated alkanes) is 4. The van der Waals surface area contributed by atoms with Gasteiger partial charge in [0.25, 0.3) is 0 Å². The van der Waals surface area contributed by atoms with Gasteiger partial charge in [-0.15, -0.1) is 0 Å². The van der Waals surface area contributed by atoms with Gasteiger partial charge < -0.3 is 0 Å². The minimum atomic E-state index is 0.00896. The Morgan fingerprint density at radius 1 is 1.10 bits per heavy atom. The van der Waals surface area contributed by atoms with Crippen LogP contribution in [-0.4, -0.2) is 11.6 Å². The smallest absolute Gasteiger partial charge is 0.240 e. The monoisotopic (exact) mass is 288 g/mol. The zero-order valence-electron chi connectivity index (χ0n) is 13.8. The molecule has 0 unspecified atom stereocenters. The molecule has 1 aromatic carbocycles. The fourth-order valence-electron chi connectivity index (χ4n) is 2.12. The second-order valence-electron chi connectivity index (χ2n) is 5.70. The summed E-state index contributed by atoms with van der Waals surface area (Å²) in [4.78, 5) is 11.7. The van der Waals surface area contributed by atoms with Crippen LogP contribution in [0, 0.1) is 13.8 Å². The van der Waals surface area contributed by atoms with E-state index in [1.165, 1.54) is 30.4 Å². The molecule has 0 saturated carbocycles. The maximum atomic E-state index is 11.7. The Bertz CT molecular complexity index is 492. The highest BCUT2D eigenvalue weighted by Gasteiger charge is 2.02. The third kappa shape index (κ3) is 6.56. The van der Waals surface area contributed by atoms with Gasteiger partial charge in [-0.1, -0.05) is 44.7 Å². The molecule has 0 aliphatic rings. The normalized spacial score (nSPS) is 11.5. The number of nitrogens with zero attached hydrogens (tertiary/aromatic N) is 1. The molecule has 0 atom stereocenters. The average molecular weight is 288 g/mol. The van der Waals surface area contributed by atoms with Crippen LogP contribution in [0.25, 0.3) is 0 Å². The molecule has 1 rings (SSSR count). The molecule has 0 spiro atoms. The first-order valence-electron chi connectivity index (χ1n) is 7.95. The van der Waals surface area contributed by atoms with Crippen molar-refractivity contribution >= 4 is 11.6 Å². The van der Waals surface area contributed by atoms with Gasteiger partial charge in [-0.3, -0.25) is 4.79 Å². The van der Waals surface area contributed by atoms with Gasteiger partial charge in [0.15, 0.2) is 0 Å². The quantitative estimate of drug-likeness (QED) is 0.427. The third-order valence-electron chi connectivity index (χ3n) is 3.78. The second kappa shape index (κ2) is 9.32. The highest BCUT2D eigenvalue weighted by Crippen LogP contribution is 2.10. The molecule has 0 heterocycles. The van der Waals surface area contributed by atoms with Crippen LogP contribution in [0.2, 0.25) is 0 Å². The van der Waals surface area contributed by atoms with Gasteiger partial charge in [0.2, 0.25) is 5.91 Å². The minimum Gasteiger partial charge on any atom is -0.273 e. The van der Waals surface area contributed by atoms with Gasteiger partial charge in [0.1, 0.15) is 0 Å². The number of benzene rings is 1. The summed E-state index contributed by atoms with van der Waals surface area (Å²) in [6.07, 6.45) is 6.34. The van der Waals surface area contributed by atoms with Gasteiger partial charge >= 0.3 is 0 Å². The van der Waals surface area contributed by atoms with Gasteiger partial charge in [-0.2, -0.15) is 5.10 Å². The Kier molecular flexibility index (Phi) is 7.73. The molecular formula is C18H28N2O. The van der Waals surface area contributed by atoms with Crippen LogP contribution in [0.15, 0.2) is 23.3 Å². The molecule has 1 aromatic rings. The third-order valence-corrected chi connectivity index (χ3v) is 3.78. The van der Waals surface area contributed by atoms with Crippen molar-refractivity contribution in [2.75, 3.05) is 0 Å². The number of hydrogen-bond acceptors (Lipinski definition) is 2. The fourth-order valence-corrected chi connectivity index (χ4v) is 2.12. The predicted octanol–water partition coefficient (Wildman–Crippen LogP) is 4.50. The average Bonchev–Trinajstić information content (AvgIpc) is 2.47. The van der Waals surface area contributed by atoms with Gasteiger partial charge in [0, 0.05) is 6.42 Å². The first-order chi connectivity index (χ1) is 10.0. The Morgan fingerprint density at radius 3 is 2.48 bits per heavy atom. The van der Waals surface area contributed by atoms with Crippen LogP contribution in [0.4, 0.5) is 0 Å². The van der Waals surface area contributed by atoms with Crippen LogP contribution in [0.3, 0.4) is 0 Å². The summed E-state index contributed by atoms with van der Waals surface area (Å²) in [5.41, 5.74) is 7.06. The summed E-state index contributed by atoms with van der Waals surface area (Å²) < 4.78 is 0. The second-order valence-corrected chi connectivity index (χ2v) is 5.70. The lowest BCUT2D eigenvalue weighted by atomic mass is 10.0. The SMILES string of the molecule is CCCCCCCC(=O)NN=C(C)c1ccc(C)c(C)c1. The maximum absolute atomic E-state index is 11.7. The summed E-state index contributed by atoms with van der Waals surface area (Å²) in [6.45, 7) is 8.29. The van der Waals surface area contributed by atoms with Crippen LogP contribution >= 0.6 is 0 Å². The number of amides is 1. The Hall–Kier alpha value is -1.64. The predicted molar refractivity (Wildman–Crippen MR) is 89.6 cm³/mol. The van der Waals surface area contributed by atoms with Crippen molar-refractivity contribution in [2.45, 2.75) is 66.2 Å². The fraction of sp³-hybridized carbons (Fsp3) is 0.556. The molecule has 0 fully saturated rings. The molecule has 0 aliphatic heterocycles. The van der Waals surface area contributed by atoms with Crippen LogP contribution in [0.1, 0.15) is 69.1 Å². The molecule has 0 aliphatic carbocycles. The van der Waals surface area contributed by atoms with Crippen LogP contribution < -0.4 is 5.43 Å². The highest BCUT2D eigenvalue weighted by molar-refractivity contribution is 5.99. The summed E-state index contributed by atoms with van der Waals surface area (Å²) in [6, 6.07) is 6.22. The maximum Gasteiger partial charge on any atom is 0.240 e. The largest absolute Gasteiger partial charge is 0.273 e. The molecule has 0 saturated heterocycles. The van der Waals surface area contributed by atoms with E-state index in [0.717, 1.165) is 24.1 Å². The van der Waals surface area contributed by atoms with Crippen molar-refractivity contribution in [2.24, 2.45) is 5.10 Å². The molecule has 3 nitrogen and oxygen atoms in total. The number of carbonyl (C=O) groups is 1. The topological polar surface area (TPSA) is 41.5 Å². The van der Waals surface area contributed by atoms with E-state index < -0.39 is 0 Å². The number of rotatable bonds is 8. The van der Waals surface area contributed by atoms with Crippen LogP contribution in [0.5, 0.6) is 0 Å². The molecule has 3 heteroatoms. The van der Waals surface area contributed by atoms with Gasteiger partial charge in [0.05, 0.1) is 5.71 Å². The molecule has 1 N–H and O–H groups in total. The lowest BCUT2D eigenvalue weighted by molar-refractivity contribution is -0.121. The van der Waals surface area contributed by atoms with E-state index in [-0.39, 0.29) is 5.91 Å². The first kappa shape index (κ1) is 17.4. The molecule has 116 valence electrons. The van der Waals surface area contributed by atoms with E-state index in [1.54, 1.807) is 0 Å². The van der Waals surface area contributed by atoms with Gasteiger partial charge in [-0.25, -0.2) is 5.43 Å². The van der Waals surface area contributed by atoms with Crippen LogP contribution in [-0.2, 0) is 4.79 Å². The van der Waals surface area contributed by atoms with E-state index in [9.17, 15) is 4.79 Å². The molecule has 0 aromatic heterocycles. The standard InChI is InChI=1S/C18H28N2O/c1-5-6-7-8-9-10-18(21)20-19-16(4)17-12-11-14(2)15(3)13-17/h11-13H,5-10H2,1-4H3,(H,20,21). The van der Waals surface area contributed by atoms with E-state index in [1.807, 2.05) is 13.0 Å². The van der Waals surface area contributed by atoms with Crippen molar-refractivity contribution < 1.29 is 4.79 Å².